The summed E-state index contributed by atoms with van der Waals surface area (Å²) in [6.07, 6.45) is -6.16. The standard InChI is InChI=1S/C5H9FO4/c6-2-1-10-5(9)4(8)3(2)7/h2-5,7-9H,1H2/t2-,3-,4-,5-/m0/s1. The van der Waals surface area contributed by atoms with Gasteiger partial charge in [0, 0.05) is 0 Å². The molecule has 0 aromatic rings. The summed E-state index contributed by atoms with van der Waals surface area (Å²) in [7, 11) is 0. The normalized spacial score (nSPS) is 49.2. The van der Waals surface area contributed by atoms with Crippen molar-refractivity contribution in [3.63, 3.8) is 0 Å². The van der Waals surface area contributed by atoms with Crippen LogP contribution in [-0.2, 0) is 4.74 Å². The lowest BCUT2D eigenvalue weighted by Gasteiger charge is -2.30. The molecule has 4 atom stereocenters. The average Bonchev–Trinajstić information content (AvgIpc) is 1.93. The van der Waals surface area contributed by atoms with Crippen LogP contribution in [0.3, 0.4) is 0 Å². The molecule has 0 unspecified atom stereocenters. The number of rotatable bonds is 0. The van der Waals surface area contributed by atoms with E-state index >= 15 is 0 Å². The zero-order valence-electron chi connectivity index (χ0n) is 5.14. The second kappa shape index (κ2) is 2.79. The third kappa shape index (κ3) is 1.27. The van der Waals surface area contributed by atoms with Gasteiger partial charge < -0.3 is 20.1 Å². The lowest BCUT2D eigenvalue weighted by molar-refractivity contribution is -0.240. The van der Waals surface area contributed by atoms with Gasteiger partial charge in [-0.3, -0.25) is 0 Å². The van der Waals surface area contributed by atoms with Crippen molar-refractivity contribution in [3.05, 3.63) is 0 Å². The molecule has 1 aliphatic heterocycles. The van der Waals surface area contributed by atoms with Gasteiger partial charge in [0.1, 0.15) is 12.2 Å². The van der Waals surface area contributed by atoms with Crippen LogP contribution >= 0.6 is 0 Å². The second-order valence-corrected chi connectivity index (χ2v) is 2.22. The lowest BCUT2D eigenvalue weighted by Crippen LogP contribution is -2.51. The summed E-state index contributed by atoms with van der Waals surface area (Å²) in [5, 5.41) is 26.2. The highest BCUT2D eigenvalue weighted by atomic mass is 19.1. The third-order valence-electron chi connectivity index (χ3n) is 1.44. The Morgan fingerprint density at radius 1 is 1.20 bits per heavy atom. The highest BCUT2D eigenvalue weighted by Gasteiger charge is 2.37. The van der Waals surface area contributed by atoms with Crippen LogP contribution in [0.1, 0.15) is 0 Å². The van der Waals surface area contributed by atoms with Gasteiger partial charge in [-0.25, -0.2) is 4.39 Å². The quantitative estimate of drug-likeness (QED) is 0.391. The smallest absolute Gasteiger partial charge is 0.183 e. The van der Waals surface area contributed by atoms with E-state index in [0.29, 0.717) is 0 Å². The van der Waals surface area contributed by atoms with E-state index in [0.717, 1.165) is 0 Å². The van der Waals surface area contributed by atoms with Gasteiger partial charge in [0.05, 0.1) is 6.61 Å². The maximum atomic E-state index is 12.4. The molecule has 1 heterocycles. The summed E-state index contributed by atoms with van der Waals surface area (Å²) in [6.45, 7) is -0.376. The summed E-state index contributed by atoms with van der Waals surface area (Å²) < 4.78 is 16.7. The summed E-state index contributed by atoms with van der Waals surface area (Å²) >= 11 is 0. The van der Waals surface area contributed by atoms with Gasteiger partial charge in [-0.2, -0.15) is 0 Å². The Morgan fingerprint density at radius 2 is 1.80 bits per heavy atom. The van der Waals surface area contributed by atoms with Crippen molar-refractivity contribution in [1.82, 2.24) is 0 Å². The first-order chi connectivity index (χ1) is 4.63. The molecule has 0 saturated carbocycles. The van der Waals surface area contributed by atoms with Crippen LogP contribution < -0.4 is 0 Å². The molecule has 0 bridgehead atoms. The van der Waals surface area contributed by atoms with Crippen molar-refractivity contribution in [2.75, 3.05) is 6.61 Å². The number of alkyl halides is 1. The Bertz CT molecular complexity index is 106. The fourth-order valence-electron chi connectivity index (χ4n) is 0.770. The zero-order valence-corrected chi connectivity index (χ0v) is 5.14. The van der Waals surface area contributed by atoms with Gasteiger partial charge >= 0.3 is 0 Å². The van der Waals surface area contributed by atoms with Crippen molar-refractivity contribution in [1.29, 1.82) is 0 Å². The van der Waals surface area contributed by atoms with Crippen LogP contribution in [0.25, 0.3) is 0 Å². The van der Waals surface area contributed by atoms with E-state index in [1.54, 1.807) is 0 Å². The predicted octanol–water partition coefficient (Wildman–Crippen LogP) is -1.61. The Morgan fingerprint density at radius 3 is 2.30 bits per heavy atom. The van der Waals surface area contributed by atoms with Gasteiger partial charge in [-0.15, -0.1) is 0 Å². The molecule has 0 radical (unpaired) electrons. The van der Waals surface area contributed by atoms with E-state index in [1.807, 2.05) is 0 Å². The minimum atomic E-state index is -1.61. The van der Waals surface area contributed by atoms with Gasteiger partial charge in [-0.05, 0) is 0 Å². The van der Waals surface area contributed by atoms with E-state index in [9.17, 15) is 4.39 Å². The maximum Gasteiger partial charge on any atom is 0.183 e. The molecule has 1 saturated heterocycles. The van der Waals surface area contributed by atoms with E-state index in [2.05, 4.69) is 4.74 Å². The molecule has 1 fully saturated rings. The molecule has 0 aromatic heterocycles. The highest BCUT2D eigenvalue weighted by molar-refractivity contribution is 4.81. The lowest BCUT2D eigenvalue weighted by atomic mass is 10.1. The predicted molar refractivity (Wildman–Crippen MR) is 28.9 cm³/mol. The topological polar surface area (TPSA) is 69.9 Å². The SMILES string of the molecule is O[C@@H]1[C@H](O)[C@@H](O)OC[C@@H]1F. The third-order valence-corrected chi connectivity index (χ3v) is 1.44. The van der Waals surface area contributed by atoms with Crippen molar-refractivity contribution in [2.24, 2.45) is 0 Å². The van der Waals surface area contributed by atoms with Crippen LogP contribution in [0.2, 0.25) is 0 Å². The van der Waals surface area contributed by atoms with Crippen LogP contribution in [0.15, 0.2) is 0 Å². The molecule has 0 aliphatic carbocycles. The van der Waals surface area contributed by atoms with E-state index in [4.69, 9.17) is 15.3 Å². The summed E-state index contributed by atoms with van der Waals surface area (Å²) in [6, 6.07) is 0. The molecule has 10 heavy (non-hydrogen) atoms. The molecule has 0 amide bonds. The number of aliphatic hydroxyl groups is 3. The maximum absolute atomic E-state index is 12.4. The monoisotopic (exact) mass is 152 g/mol. The zero-order chi connectivity index (χ0) is 7.72. The van der Waals surface area contributed by atoms with Crippen molar-refractivity contribution < 1.29 is 24.4 Å². The minimum Gasteiger partial charge on any atom is -0.387 e. The van der Waals surface area contributed by atoms with Crippen LogP contribution in [-0.4, -0.2) is 46.6 Å². The van der Waals surface area contributed by atoms with Gasteiger partial charge in [0.2, 0.25) is 0 Å². The summed E-state index contributed by atoms with van der Waals surface area (Å²) in [5.74, 6) is 0. The highest BCUT2D eigenvalue weighted by Crippen LogP contribution is 2.15. The van der Waals surface area contributed by atoms with E-state index in [-0.39, 0.29) is 6.61 Å². The minimum absolute atomic E-state index is 0.376. The molecule has 0 spiro atoms. The molecule has 4 nitrogen and oxygen atoms in total. The van der Waals surface area contributed by atoms with E-state index in [1.165, 1.54) is 0 Å². The molecule has 1 aliphatic rings. The van der Waals surface area contributed by atoms with E-state index < -0.39 is 24.7 Å². The molecule has 60 valence electrons. The van der Waals surface area contributed by atoms with Gasteiger partial charge in [0.25, 0.3) is 0 Å². The fourth-order valence-corrected chi connectivity index (χ4v) is 0.770. The Kier molecular flexibility index (Phi) is 2.20. The first-order valence-electron chi connectivity index (χ1n) is 2.93. The second-order valence-electron chi connectivity index (χ2n) is 2.22. The Balaban J connectivity index is 2.52. The number of hydrogen-bond acceptors (Lipinski definition) is 4. The largest absolute Gasteiger partial charge is 0.387 e. The number of ether oxygens (including phenoxy) is 1. The summed E-state index contributed by atoms with van der Waals surface area (Å²) in [5.41, 5.74) is 0. The molecule has 5 heteroatoms. The first kappa shape index (κ1) is 7.87. The average molecular weight is 152 g/mol. The number of halogens is 1. The van der Waals surface area contributed by atoms with Crippen molar-refractivity contribution >= 4 is 0 Å². The first-order valence-corrected chi connectivity index (χ1v) is 2.93. The van der Waals surface area contributed by atoms with Crippen LogP contribution in [0.5, 0.6) is 0 Å². The van der Waals surface area contributed by atoms with Gasteiger partial charge in [-0.1, -0.05) is 0 Å². The summed E-state index contributed by atoms with van der Waals surface area (Å²) in [4.78, 5) is 0. The molecule has 1 rings (SSSR count). The van der Waals surface area contributed by atoms with Crippen LogP contribution in [0.4, 0.5) is 4.39 Å². The molecule has 0 aromatic carbocycles. The van der Waals surface area contributed by atoms with Crippen molar-refractivity contribution in [3.8, 4) is 0 Å². The fraction of sp³-hybridized carbons (Fsp3) is 1.00. The molecule has 3 N–H and O–H groups in total. The van der Waals surface area contributed by atoms with Gasteiger partial charge in [0.15, 0.2) is 12.5 Å². The van der Waals surface area contributed by atoms with Crippen molar-refractivity contribution in [2.45, 2.75) is 24.7 Å². The number of hydrogen-bond donors (Lipinski definition) is 3. The molecular formula is C5H9FO4. The molecular weight excluding hydrogens is 143 g/mol. The van der Waals surface area contributed by atoms with Crippen LogP contribution in [0, 0.1) is 0 Å². The Labute approximate surface area is 56.9 Å². The number of aliphatic hydroxyl groups excluding tert-OH is 3. The Hall–Kier alpha value is -0.230.